The van der Waals surface area contributed by atoms with E-state index >= 15 is 0 Å². The number of nitrogens with one attached hydrogen (secondary N) is 1. The molecule has 1 aromatic heterocycles. The molecule has 1 aliphatic rings. The molecule has 5 rings (SSSR count). The zero-order valence-corrected chi connectivity index (χ0v) is 20.9. The third kappa shape index (κ3) is 6.20. The summed E-state index contributed by atoms with van der Waals surface area (Å²) in [5, 5.41) is 12.6. The SMILES string of the molecule is O=C(CSc1nnc(-c2ccccc2)n1-c1ccccc1)NCc1cccc(CN2CCOCC2)c1. The minimum Gasteiger partial charge on any atom is -0.379 e. The Hall–Kier alpha value is -3.46. The van der Waals surface area contributed by atoms with E-state index in [4.69, 9.17) is 4.74 Å². The maximum Gasteiger partial charge on any atom is 0.230 e. The molecule has 1 saturated heterocycles. The van der Waals surface area contributed by atoms with Crippen LogP contribution in [-0.2, 0) is 22.6 Å². The molecule has 0 spiro atoms. The van der Waals surface area contributed by atoms with Gasteiger partial charge in [0.05, 0.1) is 19.0 Å². The predicted molar refractivity (Wildman–Crippen MR) is 142 cm³/mol. The highest BCUT2D eigenvalue weighted by Gasteiger charge is 2.17. The standard InChI is InChI=1S/C28H29N5O2S/c34-26(29-19-22-8-7-9-23(18-22)20-32-14-16-35-17-15-32)21-36-28-31-30-27(24-10-3-1-4-11-24)33(28)25-12-5-2-6-13-25/h1-13,18H,14-17,19-21H2,(H,29,34). The average Bonchev–Trinajstić information content (AvgIpc) is 3.36. The van der Waals surface area contributed by atoms with E-state index in [-0.39, 0.29) is 11.7 Å². The lowest BCUT2D eigenvalue weighted by atomic mass is 10.1. The highest BCUT2D eigenvalue weighted by Crippen LogP contribution is 2.27. The maximum atomic E-state index is 12.7. The lowest BCUT2D eigenvalue weighted by molar-refractivity contribution is -0.118. The number of ether oxygens (including phenoxy) is 1. The van der Waals surface area contributed by atoms with Crippen molar-refractivity contribution in [1.29, 1.82) is 0 Å². The van der Waals surface area contributed by atoms with Gasteiger partial charge in [-0.1, -0.05) is 84.6 Å². The van der Waals surface area contributed by atoms with E-state index in [9.17, 15) is 4.79 Å². The van der Waals surface area contributed by atoms with Crippen molar-refractivity contribution in [3.8, 4) is 17.1 Å². The summed E-state index contributed by atoms with van der Waals surface area (Å²) in [5.41, 5.74) is 4.28. The van der Waals surface area contributed by atoms with Crippen LogP contribution in [0.4, 0.5) is 0 Å². The molecule has 2 heterocycles. The Bertz CT molecular complexity index is 1270. The fourth-order valence-electron chi connectivity index (χ4n) is 4.18. The first-order valence-electron chi connectivity index (χ1n) is 12.1. The van der Waals surface area contributed by atoms with Gasteiger partial charge < -0.3 is 10.1 Å². The highest BCUT2D eigenvalue weighted by molar-refractivity contribution is 7.99. The van der Waals surface area contributed by atoms with E-state index < -0.39 is 0 Å². The van der Waals surface area contributed by atoms with E-state index in [0.717, 1.165) is 55.5 Å². The summed E-state index contributed by atoms with van der Waals surface area (Å²) in [6.07, 6.45) is 0. The van der Waals surface area contributed by atoms with Crippen molar-refractivity contribution in [2.45, 2.75) is 18.2 Å². The third-order valence-electron chi connectivity index (χ3n) is 6.00. The zero-order chi connectivity index (χ0) is 24.6. The number of aromatic nitrogens is 3. The molecular formula is C28H29N5O2S. The predicted octanol–water partition coefficient (Wildman–Crippen LogP) is 4.18. The summed E-state index contributed by atoms with van der Waals surface area (Å²) in [5.74, 6) is 0.969. The molecule has 1 fully saturated rings. The molecule has 0 unspecified atom stereocenters. The van der Waals surface area contributed by atoms with Gasteiger partial charge in [-0.3, -0.25) is 14.3 Å². The van der Waals surface area contributed by atoms with Crippen molar-refractivity contribution in [2.24, 2.45) is 0 Å². The Balaban J connectivity index is 1.21. The second-order valence-corrected chi connectivity index (χ2v) is 9.56. The van der Waals surface area contributed by atoms with Crippen LogP contribution in [0.15, 0.2) is 90.1 Å². The van der Waals surface area contributed by atoms with Crippen molar-refractivity contribution in [1.82, 2.24) is 25.0 Å². The van der Waals surface area contributed by atoms with Gasteiger partial charge in [0, 0.05) is 37.4 Å². The lowest BCUT2D eigenvalue weighted by Gasteiger charge is -2.26. The second-order valence-electron chi connectivity index (χ2n) is 8.62. The number of carbonyl (C=O) groups excluding carboxylic acids is 1. The van der Waals surface area contributed by atoms with Gasteiger partial charge >= 0.3 is 0 Å². The van der Waals surface area contributed by atoms with Crippen molar-refractivity contribution in [3.05, 3.63) is 96.1 Å². The third-order valence-corrected chi connectivity index (χ3v) is 6.93. The number of amides is 1. The molecule has 0 saturated carbocycles. The van der Waals surface area contributed by atoms with Crippen LogP contribution in [0, 0.1) is 0 Å². The number of morpholine rings is 1. The van der Waals surface area contributed by atoms with Crippen LogP contribution < -0.4 is 5.32 Å². The molecule has 0 aliphatic carbocycles. The fourth-order valence-corrected chi connectivity index (χ4v) is 4.97. The number of nitrogens with zero attached hydrogens (tertiary/aromatic N) is 4. The second kappa shape index (κ2) is 12.0. The summed E-state index contributed by atoms with van der Waals surface area (Å²) < 4.78 is 7.44. The summed E-state index contributed by atoms with van der Waals surface area (Å²) in [6.45, 7) is 4.89. The molecule has 3 aromatic carbocycles. The maximum absolute atomic E-state index is 12.7. The normalized spacial score (nSPS) is 14.0. The molecule has 36 heavy (non-hydrogen) atoms. The largest absolute Gasteiger partial charge is 0.379 e. The van der Waals surface area contributed by atoms with Crippen LogP contribution in [0.3, 0.4) is 0 Å². The summed E-state index contributed by atoms with van der Waals surface area (Å²) in [6, 6.07) is 28.4. The van der Waals surface area contributed by atoms with Crippen LogP contribution >= 0.6 is 11.8 Å². The van der Waals surface area contributed by atoms with Gasteiger partial charge in [0.25, 0.3) is 0 Å². The molecular weight excluding hydrogens is 470 g/mol. The van der Waals surface area contributed by atoms with Gasteiger partial charge in [-0.15, -0.1) is 10.2 Å². The first-order chi connectivity index (χ1) is 17.8. The van der Waals surface area contributed by atoms with E-state index in [1.54, 1.807) is 0 Å². The zero-order valence-electron chi connectivity index (χ0n) is 20.0. The Morgan fingerprint density at radius 2 is 1.61 bits per heavy atom. The Kier molecular flexibility index (Phi) is 8.07. The molecule has 1 amide bonds. The van der Waals surface area contributed by atoms with Gasteiger partial charge in [0.2, 0.25) is 5.91 Å². The van der Waals surface area contributed by atoms with Gasteiger partial charge in [-0.25, -0.2) is 0 Å². The van der Waals surface area contributed by atoms with Gasteiger partial charge in [0.15, 0.2) is 11.0 Å². The van der Waals surface area contributed by atoms with E-state index in [1.807, 2.05) is 65.2 Å². The Morgan fingerprint density at radius 1 is 0.889 bits per heavy atom. The molecule has 1 N–H and O–H groups in total. The summed E-state index contributed by atoms with van der Waals surface area (Å²) >= 11 is 1.39. The number of hydrogen-bond acceptors (Lipinski definition) is 6. The number of thioether (sulfide) groups is 1. The van der Waals surface area contributed by atoms with Crippen LogP contribution in [0.1, 0.15) is 11.1 Å². The van der Waals surface area contributed by atoms with Gasteiger partial charge in [-0.2, -0.15) is 0 Å². The minimum atomic E-state index is -0.0394. The summed E-state index contributed by atoms with van der Waals surface area (Å²) in [4.78, 5) is 15.1. The van der Waals surface area contributed by atoms with Crippen molar-refractivity contribution >= 4 is 17.7 Å². The Labute approximate surface area is 215 Å². The van der Waals surface area contributed by atoms with Crippen molar-refractivity contribution in [2.75, 3.05) is 32.1 Å². The average molecular weight is 500 g/mol. The summed E-state index contributed by atoms with van der Waals surface area (Å²) in [7, 11) is 0. The highest BCUT2D eigenvalue weighted by atomic mass is 32.2. The smallest absolute Gasteiger partial charge is 0.230 e. The molecule has 7 nitrogen and oxygen atoms in total. The van der Waals surface area contributed by atoms with Crippen LogP contribution in [0.2, 0.25) is 0 Å². The van der Waals surface area contributed by atoms with Crippen molar-refractivity contribution in [3.63, 3.8) is 0 Å². The number of hydrogen-bond donors (Lipinski definition) is 1. The van der Waals surface area contributed by atoms with Crippen molar-refractivity contribution < 1.29 is 9.53 Å². The fraction of sp³-hybridized carbons (Fsp3) is 0.250. The van der Waals surface area contributed by atoms with Crippen LogP contribution in [0.25, 0.3) is 17.1 Å². The van der Waals surface area contributed by atoms with Crippen LogP contribution in [-0.4, -0.2) is 57.6 Å². The number of para-hydroxylation sites is 1. The van der Waals surface area contributed by atoms with Crippen LogP contribution in [0.5, 0.6) is 0 Å². The Morgan fingerprint density at radius 3 is 2.39 bits per heavy atom. The van der Waals surface area contributed by atoms with Gasteiger partial charge in [-0.05, 0) is 23.3 Å². The molecule has 1 aliphatic heterocycles. The van der Waals surface area contributed by atoms with E-state index in [0.29, 0.717) is 11.7 Å². The van der Waals surface area contributed by atoms with E-state index in [2.05, 4.69) is 44.7 Å². The van der Waals surface area contributed by atoms with Gasteiger partial charge in [0.1, 0.15) is 0 Å². The number of rotatable bonds is 9. The first kappa shape index (κ1) is 24.2. The lowest BCUT2D eigenvalue weighted by Crippen LogP contribution is -2.35. The molecule has 4 aromatic rings. The topological polar surface area (TPSA) is 72.3 Å². The molecule has 8 heteroatoms. The van der Waals surface area contributed by atoms with E-state index in [1.165, 1.54) is 17.3 Å². The monoisotopic (exact) mass is 499 g/mol. The molecule has 0 radical (unpaired) electrons. The molecule has 184 valence electrons. The quantitative estimate of drug-likeness (QED) is 0.349. The number of benzene rings is 3. The number of carbonyl (C=O) groups is 1. The minimum absolute atomic E-state index is 0.0394. The first-order valence-corrected chi connectivity index (χ1v) is 13.1. The molecule has 0 bridgehead atoms. The molecule has 0 atom stereocenters.